The maximum absolute atomic E-state index is 12.6. The van der Waals surface area contributed by atoms with Gasteiger partial charge in [-0.3, -0.25) is 9.59 Å². The predicted molar refractivity (Wildman–Crippen MR) is 231 cm³/mol. The number of unbranched alkanes of at least 4 members (excludes halogenated alkanes) is 12. The Balaban J connectivity index is 4.30. The monoisotopic (exact) mass is 784 g/mol. The van der Waals surface area contributed by atoms with E-state index in [0.29, 0.717) is 12.8 Å². The van der Waals surface area contributed by atoms with E-state index in [-0.39, 0.29) is 42.7 Å². The van der Waals surface area contributed by atoms with Crippen LogP contribution >= 0.6 is 0 Å². The fourth-order valence-corrected chi connectivity index (χ4v) is 5.90. The van der Waals surface area contributed by atoms with Gasteiger partial charge in [-0.2, -0.15) is 0 Å². The van der Waals surface area contributed by atoms with Crippen molar-refractivity contribution in [3.63, 3.8) is 0 Å². The summed E-state index contributed by atoms with van der Waals surface area (Å²) in [6.07, 6.45) is 47.9. The first-order valence-corrected chi connectivity index (χ1v) is 22.0. The number of carbonyl (C=O) groups excluding carboxylic acids is 3. The molecule has 0 fully saturated rings. The molecule has 56 heavy (non-hydrogen) atoms. The molecule has 0 saturated carbocycles. The molecule has 0 spiro atoms. The average molecular weight is 784 g/mol. The topological polar surface area (TPSA) is 102 Å². The van der Waals surface area contributed by atoms with E-state index in [1.165, 1.54) is 25.7 Å². The van der Waals surface area contributed by atoms with Gasteiger partial charge < -0.3 is 28.6 Å². The lowest BCUT2D eigenvalue weighted by Gasteiger charge is -2.34. The minimum absolute atomic E-state index is 0.0277. The van der Waals surface area contributed by atoms with Gasteiger partial charge in [0.25, 0.3) is 0 Å². The Morgan fingerprint density at radius 2 is 1.00 bits per heavy atom. The molecule has 0 heterocycles. The molecule has 2 unspecified atom stereocenters. The minimum atomic E-state index is -1.13. The normalized spacial score (nSPS) is 13.7. The van der Waals surface area contributed by atoms with Crippen molar-refractivity contribution in [1.29, 1.82) is 0 Å². The van der Waals surface area contributed by atoms with Gasteiger partial charge in [-0.25, -0.2) is 0 Å². The van der Waals surface area contributed by atoms with E-state index in [0.717, 1.165) is 103 Å². The Hall–Kier alpha value is -3.23. The first kappa shape index (κ1) is 52.8. The summed E-state index contributed by atoms with van der Waals surface area (Å²) in [5.74, 6) is -1.78. The number of allylic oxidation sites excluding steroid dienone is 12. The largest absolute Gasteiger partial charge is 0.544 e. The molecule has 2 atom stereocenters. The van der Waals surface area contributed by atoms with E-state index < -0.39 is 18.1 Å². The number of ether oxygens (including phenoxy) is 3. The first-order chi connectivity index (χ1) is 27.1. The molecule has 8 nitrogen and oxygen atoms in total. The summed E-state index contributed by atoms with van der Waals surface area (Å²) in [5, 5.41) is 11.6. The molecule has 0 rings (SSSR count). The molecule has 320 valence electrons. The van der Waals surface area contributed by atoms with Crippen LogP contribution in [-0.4, -0.2) is 75.5 Å². The zero-order valence-electron chi connectivity index (χ0n) is 36.3. The molecule has 0 aromatic heterocycles. The standard InChI is InChI=1S/C48H81NO7/c1-6-8-10-12-14-16-18-19-20-21-22-23-24-25-26-27-28-29-31-32-34-36-38-46(50)55-43-44(42-54-41-40-45(48(52)53)49(3,4)5)56-47(51)39-37-35-33-30-17-15-13-11-9-7-2/h8,10,13-16,19-20,22-23,25-26,44-45H,6-7,9,11-12,17-18,21,24,27-43H2,1-5H3/b10-8+,15-13+,16-14+,20-19+,23-22+,26-25+. The average Bonchev–Trinajstić information content (AvgIpc) is 3.15. The molecule has 0 aliphatic rings. The van der Waals surface area contributed by atoms with Crippen LogP contribution in [0.4, 0.5) is 0 Å². The van der Waals surface area contributed by atoms with Crippen molar-refractivity contribution in [3.8, 4) is 0 Å². The molecule has 0 aromatic rings. The minimum Gasteiger partial charge on any atom is -0.544 e. The number of rotatable bonds is 38. The van der Waals surface area contributed by atoms with Gasteiger partial charge >= 0.3 is 11.9 Å². The lowest BCUT2D eigenvalue weighted by atomic mass is 10.1. The van der Waals surface area contributed by atoms with Gasteiger partial charge in [-0.05, 0) is 77.0 Å². The maximum atomic E-state index is 12.6. The van der Waals surface area contributed by atoms with Gasteiger partial charge in [0.1, 0.15) is 12.6 Å². The molecule has 0 saturated heterocycles. The third kappa shape index (κ3) is 36.4. The number of likely N-dealkylation sites (N-methyl/N-ethyl adjacent to an activating group) is 1. The van der Waals surface area contributed by atoms with Crippen molar-refractivity contribution in [1.82, 2.24) is 0 Å². The molecule has 0 bridgehead atoms. The van der Waals surface area contributed by atoms with Gasteiger partial charge in [0.2, 0.25) is 0 Å². The lowest BCUT2D eigenvalue weighted by molar-refractivity contribution is -0.889. The highest BCUT2D eigenvalue weighted by Crippen LogP contribution is 2.13. The second-order valence-electron chi connectivity index (χ2n) is 15.5. The molecule has 0 radical (unpaired) electrons. The molecule has 0 amide bonds. The van der Waals surface area contributed by atoms with Crippen molar-refractivity contribution < 1.29 is 38.2 Å². The van der Waals surface area contributed by atoms with Crippen LogP contribution in [0.15, 0.2) is 72.9 Å². The third-order valence-electron chi connectivity index (χ3n) is 9.33. The number of carbonyl (C=O) groups is 3. The SMILES string of the molecule is CC/C=C/C/C=C/C/C=C/C/C=C/C/C=C/CCCCCCCCC(=O)OCC(COCCC(C(=O)[O-])[N+](C)(C)C)OC(=O)CCCCCC/C=C/CCCC. The van der Waals surface area contributed by atoms with Crippen molar-refractivity contribution in [3.05, 3.63) is 72.9 Å². The summed E-state index contributed by atoms with van der Waals surface area (Å²) >= 11 is 0. The summed E-state index contributed by atoms with van der Waals surface area (Å²) in [4.78, 5) is 36.8. The Morgan fingerprint density at radius 3 is 1.50 bits per heavy atom. The van der Waals surface area contributed by atoms with Crippen LogP contribution in [0.3, 0.4) is 0 Å². The Kier molecular flexibility index (Phi) is 36.4. The number of carboxylic acid groups (broad SMARTS) is 1. The Morgan fingerprint density at radius 1 is 0.554 bits per heavy atom. The number of aliphatic carboxylic acids is 1. The summed E-state index contributed by atoms with van der Waals surface area (Å²) in [7, 11) is 5.39. The van der Waals surface area contributed by atoms with E-state index >= 15 is 0 Å². The van der Waals surface area contributed by atoms with Crippen LogP contribution in [0.1, 0.15) is 162 Å². The molecule has 0 aliphatic carbocycles. The summed E-state index contributed by atoms with van der Waals surface area (Å²) in [6.45, 7) is 4.46. The van der Waals surface area contributed by atoms with Crippen molar-refractivity contribution in [2.24, 2.45) is 0 Å². The Bertz CT molecular complexity index is 1140. The summed E-state index contributed by atoms with van der Waals surface area (Å²) in [6, 6.07) is -0.732. The molecule has 0 aromatic carbocycles. The highest BCUT2D eigenvalue weighted by molar-refractivity contribution is 5.70. The van der Waals surface area contributed by atoms with Gasteiger partial charge in [-0.1, -0.05) is 138 Å². The van der Waals surface area contributed by atoms with E-state index in [2.05, 4.69) is 86.8 Å². The summed E-state index contributed by atoms with van der Waals surface area (Å²) < 4.78 is 17.1. The van der Waals surface area contributed by atoms with Gasteiger partial charge in [0, 0.05) is 19.3 Å². The second-order valence-corrected chi connectivity index (χ2v) is 15.5. The van der Waals surface area contributed by atoms with E-state index in [4.69, 9.17) is 14.2 Å². The molecule has 8 heteroatoms. The summed E-state index contributed by atoms with van der Waals surface area (Å²) in [5.41, 5.74) is 0. The number of hydrogen-bond acceptors (Lipinski definition) is 7. The van der Waals surface area contributed by atoms with Crippen molar-refractivity contribution in [2.45, 2.75) is 174 Å². The number of esters is 2. The molecular weight excluding hydrogens is 703 g/mol. The van der Waals surface area contributed by atoms with Gasteiger partial charge in [0.05, 0.1) is 40.3 Å². The fourth-order valence-electron chi connectivity index (χ4n) is 5.90. The van der Waals surface area contributed by atoms with Crippen molar-refractivity contribution >= 4 is 17.9 Å². The van der Waals surface area contributed by atoms with Crippen LogP contribution in [0.5, 0.6) is 0 Å². The Labute approximate surface area is 342 Å². The van der Waals surface area contributed by atoms with Crippen LogP contribution in [0.2, 0.25) is 0 Å². The van der Waals surface area contributed by atoms with Crippen LogP contribution in [0.25, 0.3) is 0 Å². The predicted octanol–water partition coefficient (Wildman–Crippen LogP) is 10.6. The van der Waals surface area contributed by atoms with E-state index in [1.54, 1.807) is 21.1 Å². The second kappa shape index (κ2) is 38.6. The fraction of sp³-hybridized carbons (Fsp3) is 0.688. The first-order valence-electron chi connectivity index (χ1n) is 22.0. The molecular formula is C48H81NO7. The zero-order valence-corrected chi connectivity index (χ0v) is 36.3. The van der Waals surface area contributed by atoms with Gasteiger partial charge in [0.15, 0.2) is 6.10 Å². The molecule has 0 aliphatic heterocycles. The van der Waals surface area contributed by atoms with Gasteiger partial charge in [-0.15, -0.1) is 0 Å². The highest BCUT2D eigenvalue weighted by atomic mass is 16.6. The number of hydrogen-bond donors (Lipinski definition) is 0. The smallest absolute Gasteiger partial charge is 0.306 e. The third-order valence-corrected chi connectivity index (χ3v) is 9.33. The lowest BCUT2D eigenvalue weighted by Crippen LogP contribution is -2.55. The molecule has 0 N–H and O–H groups in total. The number of nitrogens with zero attached hydrogens (tertiary/aromatic N) is 1. The number of quaternary nitrogens is 1. The van der Waals surface area contributed by atoms with E-state index in [9.17, 15) is 19.5 Å². The van der Waals surface area contributed by atoms with Crippen LogP contribution in [0, 0.1) is 0 Å². The van der Waals surface area contributed by atoms with E-state index in [1.807, 2.05) is 0 Å². The highest BCUT2D eigenvalue weighted by Gasteiger charge is 2.25. The van der Waals surface area contributed by atoms with Crippen LogP contribution < -0.4 is 5.11 Å². The quantitative estimate of drug-likeness (QED) is 0.0266. The number of carboxylic acids is 1. The van der Waals surface area contributed by atoms with Crippen LogP contribution in [-0.2, 0) is 28.6 Å². The maximum Gasteiger partial charge on any atom is 0.306 e. The zero-order chi connectivity index (χ0) is 41.4. The van der Waals surface area contributed by atoms with Crippen molar-refractivity contribution in [2.75, 3.05) is 41.0 Å².